The molecule has 1 aromatic heterocycles. The van der Waals surface area contributed by atoms with E-state index in [2.05, 4.69) is 10.3 Å². The van der Waals surface area contributed by atoms with Crippen LogP contribution >= 0.6 is 0 Å². The van der Waals surface area contributed by atoms with Crippen molar-refractivity contribution in [1.82, 2.24) is 15.2 Å². The molecule has 1 N–H and O–H groups in total. The average molecular weight is 315 g/mol. The zero-order chi connectivity index (χ0) is 16.3. The Morgan fingerprint density at radius 1 is 1.45 bits per heavy atom. The van der Waals surface area contributed by atoms with Crippen LogP contribution in [0.5, 0.6) is 0 Å². The largest absolute Gasteiger partial charge is 0.406 e. The number of amides is 2. The molecular formula is C14H16F3N3O2. The number of hydrogen-bond donors (Lipinski definition) is 1. The van der Waals surface area contributed by atoms with Crippen LogP contribution in [0.2, 0.25) is 0 Å². The summed E-state index contributed by atoms with van der Waals surface area (Å²) in [5.41, 5.74) is 0.833. The smallest absolute Gasteiger partial charge is 0.349 e. The van der Waals surface area contributed by atoms with Crippen molar-refractivity contribution in [3.8, 4) is 0 Å². The molecule has 2 amide bonds. The highest BCUT2D eigenvalue weighted by atomic mass is 19.4. The second-order valence-electron chi connectivity index (χ2n) is 5.30. The molecule has 8 heteroatoms. The Bertz CT molecular complexity index is 548. The van der Waals surface area contributed by atoms with Crippen LogP contribution in [0.1, 0.15) is 24.9 Å². The maximum atomic E-state index is 12.3. The fraction of sp³-hybridized carbons (Fsp3) is 0.500. The Hall–Kier alpha value is -2.12. The van der Waals surface area contributed by atoms with Gasteiger partial charge in [-0.15, -0.1) is 0 Å². The fourth-order valence-corrected chi connectivity index (χ4v) is 2.38. The number of carbonyl (C=O) groups excluding carboxylic acids is 2. The topological polar surface area (TPSA) is 62.3 Å². The van der Waals surface area contributed by atoms with Crippen molar-refractivity contribution in [3.05, 3.63) is 30.1 Å². The van der Waals surface area contributed by atoms with Crippen molar-refractivity contribution in [2.45, 2.75) is 25.6 Å². The number of alkyl halides is 3. The third kappa shape index (κ3) is 4.19. The van der Waals surface area contributed by atoms with Crippen molar-refractivity contribution in [2.75, 3.05) is 13.1 Å². The van der Waals surface area contributed by atoms with E-state index in [0.717, 1.165) is 5.56 Å². The molecule has 1 aromatic rings. The van der Waals surface area contributed by atoms with E-state index in [9.17, 15) is 22.8 Å². The molecule has 0 aromatic carbocycles. The lowest BCUT2D eigenvalue weighted by atomic mass is 10.1. The Morgan fingerprint density at radius 3 is 2.68 bits per heavy atom. The second-order valence-corrected chi connectivity index (χ2v) is 5.30. The van der Waals surface area contributed by atoms with E-state index in [1.165, 1.54) is 0 Å². The lowest BCUT2D eigenvalue weighted by molar-refractivity contribution is -0.157. The first-order chi connectivity index (χ1) is 10.3. The zero-order valence-electron chi connectivity index (χ0n) is 11.9. The number of hydrogen-bond acceptors (Lipinski definition) is 3. The Kier molecular flexibility index (Phi) is 4.68. The van der Waals surface area contributed by atoms with Crippen LogP contribution in [0, 0.1) is 5.92 Å². The molecule has 2 unspecified atom stereocenters. The van der Waals surface area contributed by atoms with Crippen molar-refractivity contribution in [3.63, 3.8) is 0 Å². The highest BCUT2D eigenvalue weighted by molar-refractivity contribution is 5.89. The SMILES string of the molecule is CC(NC(=O)C1CC(=O)N(CC(F)(F)F)C1)c1ccncc1. The van der Waals surface area contributed by atoms with Crippen LogP contribution in [0.15, 0.2) is 24.5 Å². The first kappa shape index (κ1) is 16.3. The first-order valence-corrected chi connectivity index (χ1v) is 6.81. The zero-order valence-corrected chi connectivity index (χ0v) is 11.9. The quantitative estimate of drug-likeness (QED) is 0.919. The summed E-state index contributed by atoms with van der Waals surface area (Å²) in [6.07, 6.45) is -1.47. The average Bonchev–Trinajstić information content (AvgIpc) is 2.79. The summed E-state index contributed by atoms with van der Waals surface area (Å²) >= 11 is 0. The molecule has 120 valence electrons. The lowest BCUT2D eigenvalue weighted by Gasteiger charge is -2.19. The molecule has 1 aliphatic heterocycles. The molecule has 2 heterocycles. The van der Waals surface area contributed by atoms with Crippen LogP contribution in [-0.2, 0) is 9.59 Å². The molecule has 0 radical (unpaired) electrons. The molecule has 0 spiro atoms. The molecule has 22 heavy (non-hydrogen) atoms. The van der Waals surface area contributed by atoms with E-state index in [1.807, 2.05) is 0 Å². The van der Waals surface area contributed by atoms with Gasteiger partial charge in [-0.1, -0.05) is 0 Å². The summed E-state index contributed by atoms with van der Waals surface area (Å²) < 4.78 is 37.0. The van der Waals surface area contributed by atoms with E-state index < -0.39 is 30.5 Å². The number of nitrogens with zero attached hydrogens (tertiary/aromatic N) is 2. The highest BCUT2D eigenvalue weighted by Crippen LogP contribution is 2.24. The molecule has 2 rings (SSSR count). The maximum Gasteiger partial charge on any atom is 0.406 e. The van der Waals surface area contributed by atoms with Gasteiger partial charge in [-0.3, -0.25) is 14.6 Å². The number of carbonyl (C=O) groups is 2. The van der Waals surface area contributed by atoms with E-state index in [1.54, 1.807) is 31.5 Å². The molecule has 2 atom stereocenters. The van der Waals surface area contributed by atoms with E-state index in [0.29, 0.717) is 4.90 Å². The molecule has 1 fully saturated rings. The number of nitrogens with one attached hydrogen (secondary N) is 1. The van der Waals surface area contributed by atoms with Crippen molar-refractivity contribution in [1.29, 1.82) is 0 Å². The van der Waals surface area contributed by atoms with E-state index in [-0.39, 0.29) is 19.0 Å². The minimum atomic E-state index is -4.45. The van der Waals surface area contributed by atoms with Gasteiger partial charge in [0, 0.05) is 25.4 Å². The lowest BCUT2D eigenvalue weighted by Crippen LogP contribution is -2.37. The number of pyridine rings is 1. The fourth-order valence-electron chi connectivity index (χ4n) is 2.38. The second kappa shape index (κ2) is 6.33. The van der Waals surface area contributed by atoms with Gasteiger partial charge in [0.1, 0.15) is 6.54 Å². The highest BCUT2D eigenvalue weighted by Gasteiger charge is 2.40. The third-order valence-electron chi connectivity index (χ3n) is 3.52. The number of halogens is 3. The minimum absolute atomic E-state index is 0.190. The summed E-state index contributed by atoms with van der Waals surface area (Å²) in [5, 5.41) is 2.72. The Labute approximate surface area is 125 Å². The van der Waals surface area contributed by atoms with Gasteiger partial charge in [-0.05, 0) is 24.6 Å². The van der Waals surface area contributed by atoms with Crippen LogP contribution in [0.4, 0.5) is 13.2 Å². The van der Waals surface area contributed by atoms with Crippen LogP contribution in [0.25, 0.3) is 0 Å². The van der Waals surface area contributed by atoms with Gasteiger partial charge in [0.2, 0.25) is 11.8 Å². The molecule has 1 aliphatic rings. The molecule has 1 saturated heterocycles. The molecule has 5 nitrogen and oxygen atoms in total. The van der Waals surface area contributed by atoms with Crippen LogP contribution in [0.3, 0.4) is 0 Å². The van der Waals surface area contributed by atoms with Gasteiger partial charge < -0.3 is 10.2 Å². The number of likely N-dealkylation sites (tertiary alicyclic amines) is 1. The molecule has 0 aliphatic carbocycles. The normalized spacial score (nSPS) is 20.1. The van der Waals surface area contributed by atoms with E-state index in [4.69, 9.17) is 0 Å². The Balaban J connectivity index is 1.93. The van der Waals surface area contributed by atoms with Gasteiger partial charge >= 0.3 is 6.18 Å². The van der Waals surface area contributed by atoms with Crippen molar-refractivity contribution >= 4 is 11.8 Å². The molecular weight excluding hydrogens is 299 g/mol. The summed E-state index contributed by atoms with van der Waals surface area (Å²) in [5.74, 6) is -1.81. The number of rotatable bonds is 4. The molecule has 0 saturated carbocycles. The van der Waals surface area contributed by atoms with Crippen LogP contribution in [-0.4, -0.2) is 41.0 Å². The monoisotopic (exact) mass is 315 g/mol. The summed E-state index contributed by atoms with van der Waals surface area (Å²) in [6.45, 7) is 0.250. The minimum Gasteiger partial charge on any atom is -0.349 e. The third-order valence-corrected chi connectivity index (χ3v) is 3.52. The van der Waals surface area contributed by atoms with Gasteiger partial charge in [-0.2, -0.15) is 13.2 Å². The van der Waals surface area contributed by atoms with Crippen molar-refractivity contribution in [2.24, 2.45) is 5.92 Å². The number of aromatic nitrogens is 1. The van der Waals surface area contributed by atoms with Gasteiger partial charge in [0.25, 0.3) is 0 Å². The summed E-state index contributed by atoms with van der Waals surface area (Å²) in [6, 6.07) is 3.17. The Morgan fingerprint density at radius 2 is 2.09 bits per heavy atom. The van der Waals surface area contributed by atoms with Crippen molar-refractivity contribution < 1.29 is 22.8 Å². The standard InChI is InChI=1S/C14H16F3N3O2/c1-9(10-2-4-18-5-3-10)19-13(22)11-6-12(21)20(7-11)8-14(15,16)17/h2-5,9,11H,6-8H2,1H3,(H,19,22). The summed E-state index contributed by atoms with van der Waals surface area (Å²) in [4.78, 5) is 28.2. The van der Waals surface area contributed by atoms with Gasteiger partial charge in [0.15, 0.2) is 0 Å². The predicted molar refractivity (Wildman–Crippen MR) is 71.5 cm³/mol. The summed E-state index contributed by atoms with van der Waals surface area (Å²) in [7, 11) is 0. The maximum absolute atomic E-state index is 12.3. The van der Waals surface area contributed by atoms with Crippen LogP contribution < -0.4 is 5.32 Å². The predicted octanol–water partition coefficient (Wildman–Crippen LogP) is 1.67. The molecule has 0 bridgehead atoms. The van der Waals surface area contributed by atoms with Gasteiger partial charge in [0.05, 0.1) is 12.0 Å². The first-order valence-electron chi connectivity index (χ1n) is 6.81. The van der Waals surface area contributed by atoms with E-state index >= 15 is 0 Å². The van der Waals surface area contributed by atoms with Gasteiger partial charge in [-0.25, -0.2) is 0 Å².